The molecule has 0 aliphatic rings. The lowest BCUT2D eigenvalue weighted by Gasteiger charge is -1.89. The molecule has 1 amide bonds. The number of rotatable bonds is 3. The first-order valence-corrected chi connectivity index (χ1v) is 4.10. The van der Waals surface area contributed by atoms with E-state index in [1.807, 2.05) is 6.07 Å². The Morgan fingerprint density at radius 3 is 2.53 bits per heavy atom. The van der Waals surface area contributed by atoms with Crippen molar-refractivity contribution < 1.29 is 9.59 Å². The molecule has 0 saturated heterocycles. The number of amides is 1. The highest BCUT2D eigenvalue weighted by Crippen LogP contribution is 2.01. The summed E-state index contributed by atoms with van der Waals surface area (Å²) in [5.74, 6) is -1.94. The molecule has 0 aromatic heterocycles. The summed E-state index contributed by atoms with van der Waals surface area (Å²) in [6.45, 7) is 0. The summed E-state index contributed by atoms with van der Waals surface area (Å²) < 4.78 is 0. The molecule has 0 aliphatic carbocycles. The molecule has 0 atom stereocenters. The molecule has 0 saturated carbocycles. The van der Waals surface area contributed by atoms with Crippen molar-refractivity contribution in [3.05, 3.63) is 52.4 Å². The van der Waals surface area contributed by atoms with E-state index in [9.17, 15) is 9.59 Å². The van der Waals surface area contributed by atoms with Gasteiger partial charge in [-0.1, -0.05) is 36.4 Å². The second-order valence-corrected chi connectivity index (χ2v) is 2.60. The van der Waals surface area contributed by atoms with E-state index in [2.05, 4.69) is 10.0 Å². The number of azide groups is 1. The minimum Gasteiger partial charge on any atom is -0.286 e. The monoisotopic (exact) mass is 201 g/mol. The van der Waals surface area contributed by atoms with Gasteiger partial charge in [0.15, 0.2) is 0 Å². The minimum absolute atomic E-state index is 0.791. The molecular weight excluding hydrogens is 194 g/mol. The third-order valence-electron chi connectivity index (χ3n) is 1.57. The number of carbonyl (C=O) groups is 2. The van der Waals surface area contributed by atoms with Crippen LogP contribution in [0.2, 0.25) is 0 Å². The maximum Gasteiger partial charge on any atom is 0.288 e. The summed E-state index contributed by atoms with van der Waals surface area (Å²) >= 11 is 0. The second kappa shape index (κ2) is 5.36. The molecule has 0 aliphatic heterocycles. The van der Waals surface area contributed by atoms with Crippen molar-refractivity contribution in [1.82, 2.24) is 0 Å². The molecule has 5 heteroatoms. The first-order valence-electron chi connectivity index (χ1n) is 4.10. The van der Waals surface area contributed by atoms with Crippen molar-refractivity contribution in [2.45, 2.75) is 0 Å². The van der Waals surface area contributed by atoms with Gasteiger partial charge >= 0.3 is 0 Å². The fourth-order valence-electron chi connectivity index (χ4n) is 0.897. The van der Waals surface area contributed by atoms with E-state index in [1.165, 1.54) is 6.08 Å². The lowest BCUT2D eigenvalue weighted by molar-refractivity contribution is -0.133. The van der Waals surface area contributed by atoms with Crippen LogP contribution in [0.25, 0.3) is 16.5 Å². The minimum atomic E-state index is -1.11. The summed E-state index contributed by atoms with van der Waals surface area (Å²) in [7, 11) is 0. The third-order valence-corrected chi connectivity index (χ3v) is 1.57. The van der Waals surface area contributed by atoms with Gasteiger partial charge in [0.05, 0.1) is 0 Å². The molecule has 0 spiro atoms. The van der Waals surface area contributed by atoms with Gasteiger partial charge in [-0.3, -0.25) is 9.59 Å². The van der Waals surface area contributed by atoms with Gasteiger partial charge in [-0.25, -0.2) is 0 Å². The summed E-state index contributed by atoms with van der Waals surface area (Å²) in [6, 6.07) is 9.01. The van der Waals surface area contributed by atoms with Crippen molar-refractivity contribution in [2.24, 2.45) is 5.11 Å². The molecule has 74 valence electrons. The molecule has 0 fully saturated rings. The van der Waals surface area contributed by atoms with Gasteiger partial charge in [-0.2, -0.15) is 0 Å². The van der Waals surface area contributed by atoms with E-state index >= 15 is 0 Å². The first kappa shape index (κ1) is 10.7. The van der Waals surface area contributed by atoms with Crippen LogP contribution in [0.1, 0.15) is 5.56 Å². The highest BCUT2D eigenvalue weighted by atomic mass is 16.2. The highest BCUT2D eigenvalue weighted by Gasteiger charge is 2.06. The lowest BCUT2D eigenvalue weighted by atomic mass is 10.2. The topological polar surface area (TPSA) is 82.9 Å². The summed E-state index contributed by atoms with van der Waals surface area (Å²) in [6.07, 6.45) is 2.56. The van der Waals surface area contributed by atoms with Gasteiger partial charge in [0, 0.05) is 4.91 Å². The van der Waals surface area contributed by atoms with Gasteiger partial charge in [0.25, 0.3) is 5.91 Å². The molecule has 1 aromatic rings. The van der Waals surface area contributed by atoms with Gasteiger partial charge in [-0.15, -0.1) is 0 Å². The predicted molar refractivity (Wildman–Crippen MR) is 54.6 cm³/mol. The van der Waals surface area contributed by atoms with E-state index < -0.39 is 11.7 Å². The molecular formula is C10H7N3O2. The van der Waals surface area contributed by atoms with Crippen molar-refractivity contribution in [3.63, 3.8) is 0 Å². The maximum atomic E-state index is 11.0. The number of hydrogen-bond acceptors (Lipinski definition) is 2. The zero-order valence-corrected chi connectivity index (χ0v) is 7.70. The van der Waals surface area contributed by atoms with Gasteiger partial charge in [0.1, 0.15) is 0 Å². The Bertz CT molecular complexity index is 445. The Kier molecular flexibility index (Phi) is 3.82. The number of nitrogens with zero attached hydrogens (tertiary/aromatic N) is 3. The standard InChI is InChI=1S/C10H7N3O2/c11-13-12-10(15)9(14)7-6-8-4-2-1-3-5-8/h1-7H. The zero-order chi connectivity index (χ0) is 11.1. The van der Waals surface area contributed by atoms with Crippen LogP contribution in [0.3, 0.4) is 0 Å². The SMILES string of the molecule is [N-]=[N+]=NC(=O)C(=O)C=Cc1ccccc1. The summed E-state index contributed by atoms with van der Waals surface area (Å²) in [5, 5.41) is 2.68. The normalized spacial score (nSPS) is 9.60. The average molecular weight is 201 g/mol. The summed E-state index contributed by atoms with van der Waals surface area (Å²) in [4.78, 5) is 24.0. The first-order chi connectivity index (χ1) is 7.24. The highest BCUT2D eigenvalue weighted by molar-refractivity contribution is 6.41. The van der Waals surface area contributed by atoms with Gasteiger partial charge in [0.2, 0.25) is 5.78 Å². The van der Waals surface area contributed by atoms with Gasteiger partial charge in [-0.05, 0) is 22.3 Å². The van der Waals surface area contributed by atoms with Crippen molar-refractivity contribution in [3.8, 4) is 0 Å². The number of ketones is 1. The molecule has 0 radical (unpaired) electrons. The molecule has 0 heterocycles. The van der Waals surface area contributed by atoms with Crippen LogP contribution in [0.15, 0.2) is 41.5 Å². The fourth-order valence-corrected chi connectivity index (χ4v) is 0.897. The van der Waals surface area contributed by atoms with Crippen LogP contribution in [-0.2, 0) is 9.59 Å². The molecule has 0 N–H and O–H groups in total. The average Bonchev–Trinajstić information content (AvgIpc) is 2.27. The van der Waals surface area contributed by atoms with E-state index in [-0.39, 0.29) is 0 Å². The third kappa shape index (κ3) is 3.46. The fraction of sp³-hybridized carbons (Fsp3) is 0. The van der Waals surface area contributed by atoms with Gasteiger partial charge < -0.3 is 0 Å². The predicted octanol–water partition coefficient (Wildman–Crippen LogP) is 2.11. The van der Waals surface area contributed by atoms with E-state index in [1.54, 1.807) is 24.3 Å². The molecule has 5 nitrogen and oxygen atoms in total. The Labute approximate surface area is 85.7 Å². The Morgan fingerprint density at radius 1 is 1.27 bits per heavy atom. The Hall–Kier alpha value is -2.39. The lowest BCUT2D eigenvalue weighted by Crippen LogP contribution is -2.05. The number of hydrogen-bond donors (Lipinski definition) is 0. The quantitative estimate of drug-likeness (QED) is 0.246. The largest absolute Gasteiger partial charge is 0.288 e. The molecule has 0 unspecified atom stereocenters. The van der Waals surface area contributed by atoms with Crippen LogP contribution < -0.4 is 0 Å². The molecule has 1 rings (SSSR count). The van der Waals surface area contributed by atoms with Crippen LogP contribution in [0.4, 0.5) is 0 Å². The zero-order valence-electron chi connectivity index (χ0n) is 7.70. The molecule has 0 bridgehead atoms. The number of benzene rings is 1. The van der Waals surface area contributed by atoms with Crippen molar-refractivity contribution >= 4 is 17.8 Å². The Morgan fingerprint density at radius 2 is 1.93 bits per heavy atom. The van der Waals surface area contributed by atoms with Crippen LogP contribution in [0.5, 0.6) is 0 Å². The van der Waals surface area contributed by atoms with Crippen molar-refractivity contribution in [1.29, 1.82) is 0 Å². The Balaban J connectivity index is 2.71. The van der Waals surface area contributed by atoms with E-state index in [4.69, 9.17) is 5.53 Å². The smallest absolute Gasteiger partial charge is 0.286 e. The van der Waals surface area contributed by atoms with E-state index in [0.717, 1.165) is 11.6 Å². The van der Waals surface area contributed by atoms with Crippen molar-refractivity contribution in [2.75, 3.05) is 0 Å². The van der Waals surface area contributed by atoms with Crippen LogP contribution in [0, 0.1) is 0 Å². The number of carbonyl (C=O) groups excluding carboxylic acids is 2. The summed E-state index contributed by atoms with van der Waals surface area (Å²) in [5.41, 5.74) is 8.72. The molecule has 1 aromatic carbocycles. The van der Waals surface area contributed by atoms with Crippen LogP contribution in [-0.4, -0.2) is 11.7 Å². The van der Waals surface area contributed by atoms with Crippen LogP contribution >= 0.6 is 0 Å². The second-order valence-electron chi connectivity index (χ2n) is 2.60. The maximum absolute atomic E-state index is 11.0. The van der Waals surface area contributed by atoms with E-state index in [0.29, 0.717) is 0 Å². The molecule has 15 heavy (non-hydrogen) atoms.